The van der Waals surface area contributed by atoms with E-state index in [0.29, 0.717) is 5.56 Å². The first-order valence-electron chi connectivity index (χ1n) is 5.53. The van der Waals surface area contributed by atoms with E-state index in [1.165, 1.54) is 0 Å². The van der Waals surface area contributed by atoms with E-state index in [-0.39, 0.29) is 11.5 Å². The van der Waals surface area contributed by atoms with E-state index < -0.39 is 12.0 Å². The number of benzene rings is 1. The minimum Gasteiger partial charge on any atom is -0.435 e. The van der Waals surface area contributed by atoms with Gasteiger partial charge in [-0.1, -0.05) is 12.1 Å². The van der Waals surface area contributed by atoms with Crippen molar-refractivity contribution in [3.63, 3.8) is 0 Å². The van der Waals surface area contributed by atoms with Crippen LogP contribution in [0.3, 0.4) is 0 Å². The monoisotopic (exact) mass is 240 g/mol. The van der Waals surface area contributed by atoms with Crippen LogP contribution in [0.15, 0.2) is 18.2 Å². The van der Waals surface area contributed by atoms with Crippen LogP contribution < -0.4 is 4.74 Å². The normalized spacial score (nSPS) is 17.0. The average molecular weight is 240 g/mol. The van der Waals surface area contributed by atoms with E-state index in [9.17, 15) is 13.6 Å². The van der Waals surface area contributed by atoms with Gasteiger partial charge in [-0.15, -0.1) is 0 Å². The van der Waals surface area contributed by atoms with E-state index in [4.69, 9.17) is 0 Å². The van der Waals surface area contributed by atoms with Gasteiger partial charge in [-0.05, 0) is 43.9 Å². The Bertz CT molecular complexity index is 451. The van der Waals surface area contributed by atoms with Crippen molar-refractivity contribution in [2.75, 3.05) is 0 Å². The molecule has 2 rings (SSSR count). The van der Waals surface area contributed by atoms with Gasteiger partial charge in [0.15, 0.2) is 0 Å². The van der Waals surface area contributed by atoms with Crippen molar-refractivity contribution in [3.05, 3.63) is 29.3 Å². The predicted molar refractivity (Wildman–Crippen MR) is 59.4 cm³/mol. The Morgan fingerprint density at radius 2 is 2.06 bits per heavy atom. The number of carbonyl (C=O) groups is 1. The van der Waals surface area contributed by atoms with Gasteiger partial charge in [-0.25, -0.2) is 0 Å². The molecule has 0 amide bonds. The van der Waals surface area contributed by atoms with E-state index in [0.717, 1.165) is 18.4 Å². The molecule has 0 aromatic heterocycles. The quantitative estimate of drug-likeness (QED) is 0.807. The summed E-state index contributed by atoms with van der Waals surface area (Å²) in [5, 5.41) is 0. The second-order valence-corrected chi connectivity index (χ2v) is 4.50. The standard InChI is InChI=1S/C13H14F2O2/c1-8-3-4-10(7-11(8)17-12(14)15)13(5-6-13)9(2)16/h3-4,7,12H,5-6H2,1-2H3. The maximum atomic E-state index is 12.2. The number of ketones is 1. The Labute approximate surface area is 98.6 Å². The van der Waals surface area contributed by atoms with Gasteiger partial charge in [0.2, 0.25) is 0 Å². The number of carbonyl (C=O) groups excluding carboxylic acids is 1. The smallest absolute Gasteiger partial charge is 0.387 e. The number of halogens is 2. The third-order valence-electron chi connectivity index (χ3n) is 3.38. The summed E-state index contributed by atoms with van der Waals surface area (Å²) in [6, 6.07) is 5.11. The van der Waals surface area contributed by atoms with Crippen molar-refractivity contribution < 1.29 is 18.3 Å². The lowest BCUT2D eigenvalue weighted by molar-refractivity contribution is -0.119. The molecule has 17 heavy (non-hydrogen) atoms. The number of aryl methyl sites for hydroxylation is 1. The average Bonchev–Trinajstić information content (AvgIpc) is 3.01. The third-order valence-corrected chi connectivity index (χ3v) is 3.38. The molecule has 1 aromatic carbocycles. The molecule has 0 spiro atoms. The summed E-state index contributed by atoms with van der Waals surface area (Å²) in [5.41, 5.74) is 0.980. The molecule has 0 radical (unpaired) electrons. The predicted octanol–water partition coefficient (Wildman–Crippen LogP) is 3.22. The summed E-state index contributed by atoms with van der Waals surface area (Å²) in [4.78, 5) is 11.6. The van der Waals surface area contributed by atoms with Crippen molar-refractivity contribution in [2.45, 2.75) is 38.7 Å². The Kier molecular flexibility index (Phi) is 2.89. The van der Waals surface area contributed by atoms with Gasteiger partial charge in [0.25, 0.3) is 0 Å². The van der Waals surface area contributed by atoms with Gasteiger partial charge in [0.1, 0.15) is 11.5 Å². The first kappa shape index (κ1) is 12.0. The van der Waals surface area contributed by atoms with Gasteiger partial charge < -0.3 is 4.74 Å². The minimum atomic E-state index is -2.84. The maximum Gasteiger partial charge on any atom is 0.387 e. The topological polar surface area (TPSA) is 26.3 Å². The van der Waals surface area contributed by atoms with E-state index in [2.05, 4.69) is 4.74 Å². The first-order chi connectivity index (χ1) is 7.95. The van der Waals surface area contributed by atoms with Gasteiger partial charge in [0, 0.05) is 0 Å². The van der Waals surface area contributed by atoms with Crippen LogP contribution in [0.25, 0.3) is 0 Å². The Balaban J connectivity index is 2.34. The van der Waals surface area contributed by atoms with Crippen LogP contribution in [-0.2, 0) is 10.2 Å². The number of Topliss-reactive ketones (excluding diaryl/α,β-unsaturated/α-hetero) is 1. The summed E-state index contributed by atoms with van der Waals surface area (Å²) < 4.78 is 28.9. The van der Waals surface area contributed by atoms with Gasteiger partial charge in [-0.3, -0.25) is 4.79 Å². The molecular formula is C13H14F2O2. The summed E-state index contributed by atoms with van der Waals surface area (Å²) in [7, 11) is 0. The zero-order valence-electron chi connectivity index (χ0n) is 9.80. The molecule has 1 aliphatic carbocycles. The third kappa shape index (κ3) is 2.16. The van der Waals surface area contributed by atoms with E-state index >= 15 is 0 Å². The Morgan fingerprint density at radius 1 is 1.41 bits per heavy atom. The number of rotatable bonds is 4. The second-order valence-electron chi connectivity index (χ2n) is 4.50. The van der Waals surface area contributed by atoms with Crippen LogP contribution in [0.2, 0.25) is 0 Å². The Hall–Kier alpha value is -1.45. The van der Waals surface area contributed by atoms with Crippen LogP contribution in [0.4, 0.5) is 8.78 Å². The van der Waals surface area contributed by atoms with Crippen LogP contribution >= 0.6 is 0 Å². The molecule has 1 aliphatic rings. The van der Waals surface area contributed by atoms with Crippen LogP contribution in [0.1, 0.15) is 30.9 Å². The maximum absolute atomic E-state index is 12.2. The molecule has 1 aromatic rings. The second kappa shape index (κ2) is 4.09. The van der Waals surface area contributed by atoms with Gasteiger partial charge >= 0.3 is 6.61 Å². The molecule has 0 N–H and O–H groups in total. The SMILES string of the molecule is CC(=O)C1(c2ccc(C)c(OC(F)F)c2)CC1. The van der Waals surface area contributed by atoms with Crippen molar-refractivity contribution >= 4 is 5.78 Å². The zero-order valence-corrected chi connectivity index (χ0v) is 9.80. The molecule has 4 heteroatoms. The van der Waals surface area contributed by atoms with Gasteiger partial charge in [0.05, 0.1) is 5.41 Å². The van der Waals surface area contributed by atoms with Gasteiger partial charge in [-0.2, -0.15) is 8.78 Å². The molecular weight excluding hydrogens is 226 g/mol. The molecule has 0 heterocycles. The molecule has 0 saturated heterocycles. The Morgan fingerprint density at radius 3 is 2.53 bits per heavy atom. The lowest BCUT2D eigenvalue weighted by atomic mass is 9.91. The molecule has 0 atom stereocenters. The number of hydrogen-bond acceptors (Lipinski definition) is 2. The highest BCUT2D eigenvalue weighted by atomic mass is 19.3. The van der Waals surface area contributed by atoms with Crippen molar-refractivity contribution in [1.29, 1.82) is 0 Å². The highest BCUT2D eigenvalue weighted by Crippen LogP contribution is 2.49. The largest absolute Gasteiger partial charge is 0.435 e. The summed E-state index contributed by atoms with van der Waals surface area (Å²) >= 11 is 0. The molecule has 0 aliphatic heterocycles. The highest BCUT2D eigenvalue weighted by molar-refractivity contribution is 5.91. The summed E-state index contributed by atoms with van der Waals surface area (Å²) in [5.74, 6) is 0.245. The fourth-order valence-corrected chi connectivity index (χ4v) is 2.09. The number of alkyl halides is 2. The zero-order chi connectivity index (χ0) is 12.6. The fourth-order valence-electron chi connectivity index (χ4n) is 2.09. The van der Waals surface area contributed by atoms with Crippen molar-refractivity contribution in [1.82, 2.24) is 0 Å². The highest BCUT2D eigenvalue weighted by Gasteiger charge is 2.48. The summed E-state index contributed by atoms with van der Waals surface area (Å²) in [6.07, 6.45) is 1.58. The number of ether oxygens (including phenoxy) is 1. The molecule has 1 saturated carbocycles. The molecule has 1 fully saturated rings. The lowest BCUT2D eigenvalue weighted by Crippen LogP contribution is -2.17. The lowest BCUT2D eigenvalue weighted by Gasteiger charge is -2.15. The van der Waals surface area contributed by atoms with Crippen molar-refractivity contribution in [3.8, 4) is 5.75 Å². The van der Waals surface area contributed by atoms with Crippen LogP contribution in [-0.4, -0.2) is 12.4 Å². The fraction of sp³-hybridized carbons (Fsp3) is 0.462. The van der Waals surface area contributed by atoms with Crippen LogP contribution in [0.5, 0.6) is 5.75 Å². The van der Waals surface area contributed by atoms with Crippen molar-refractivity contribution in [2.24, 2.45) is 0 Å². The molecule has 0 bridgehead atoms. The van der Waals surface area contributed by atoms with Crippen LogP contribution in [0, 0.1) is 6.92 Å². The molecule has 2 nitrogen and oxygen atoms in total. The first-order valence-corrected chi connectivity index (χ1v) is 5.53. The van der Waals surface area contributed by atoms with E-state index in [1.807, 2.05) is 6.07 Å². The summed E-state index contributed by atoms with van der Waals surface area (Å²) in [6.45, 7) is 0.409. The number of hydrogen-bond donors (Lipinski definition) is 0. The molecule has 0 unspecified atom stereocenters. The van der Waals surface area contributed by atoms with E-state index in [1.54, 1.807) is 26.0 Å². The molecule has 92 valence electrons. The minimum absolute atomic E-state index is 0.0874.